The van der Waals surface area contributed by atoms with E-state index < -0.39 is 26.5 Å². The standard InChI is InChI=1S/C46H88NO8P/c1-6-8-10-12-14-16-18-20-22-23-25-27-29-31-33-35-37-39-46(49)55-44(43-54-56(50,51)53-41-40-47(3,4)5)42-52-45(48)38-36-34-32-30-28-26-24-21-19-17-15-13-11-9-7-2/h13,15,20,22,44H,6-12,14,16-19,21,23-43H2,1-5H3/b15-13+,22-20+/t44-/m1/s1. The lowest BCUT2D eigenvalue weighted by atomic mass is 10.1. The van der Waals surface area contributed by atoms with Crippen LogP contribution in [0.3, 0.4) is 0 Å². The third-order valence-electron chi connectivity index (χ3n) is 9.94. The largest absolute Gasteiger partial charge is 0.756 e. The number of unbranched alkanes of at least 4 members (excludes halogenated alkanes) is 24. The average Bonchev–Trinajstić information content (AvgIpc) is 3.15. The molecular formula is C46H88NO8P. The van der Waals surface area contributed by atoms with Gasteiger partial charge < -0.3 is 27.9 Å². The first kappa shape index (κ1) is 54.5. The minimum atomic E-state index is -4.62. The maximum absolute atomic E-state index is 12.7. The Morgan fingerprint density at radius 1 is 0.536 bits per heavy atom. The third kappa shape index (κ3) is 42.1. The van der Waals surface area contributed by atoms with Crippen LogP contribution in [0.1, 0.15) is 206 Å². The molecule has 2 atom stereocenters. The van der Waals surface area contributed by atoms with Crippen LogP contribution >= 0.6 is 7.82 Å². The summed E-state index contributed by atoms with van der Waals surface area (Å²) in [5.74, 6) is -0.836. The second-order valence-corrected chi connectivity index (χ2v) is 18.2. The number of likely N-dealkylation sites (N-methyl/N-ethyl adjacent to an activating group) is 1. The molecule has 0 spiro atoms. The van der Waals surface area contributed by atoms with E-state index in [1.54, 1.807) is 0 Å². The maximum Gasteiger partial charge on any atom is 0.306 e. The van der Waals surface area contributed by atoms with Crippen molar-refractivity contribution in [1.82, 2.24) is 0 Å². The Morgan fingerprint density at radius 2 is 0.929 bits per heavy atom. The number of hydrogen-bond acceptors (Lipinski definition) is 8. The van der Waals surface area contributed by atoms with Gasteiger partial charge in [0, 0.05) is 12.8 Å². The Balaban J connectivity index is 4.32. The van der Waals surface area contributed by atoms with Gasteiger partial charge >= 0.3 is 11.9 Å². The Labute approximate surface area is 345 Å². The van der Waals surface area contributed by atoms with E-state index in [0.717, 1.165) is 44.9 Å². The molecule has 56 heavy (non-hydrogen) atoms. The highest BCUT2D eigenvalue weighted by Crippen LogP contribution is 2.38. The van der Waals surface area contributed by atoms with Gasteiger partial charge in [-0.05, 0) is 57.8 Å². The first-order valence-electron chi connectivity index (χ1n) is 23.0. The number of phosphoric ester groups is 1. The molecule has 0 N–H and O–H groups in total. The van der Waals surface area contributed by atoms with Crippen molar-refractivity contribution >= 4 is 19.8 Å². The summed E-state index contributed by atoms with van der Waals surface area (Å²) in [4.78, 5) is 37.6. The molecule has 0 aliphatic rings. The summed E-state index contributed by atoms with van der Waals surface area (Å²) in [5.41, 5.74) is 0. The quantitative estimate of drug-likeness (QED) is 0.0197. The van der Waals surface area contributed by atoms with Crippen LogP contribution < -0.4 is 4.89 Å². The van der Waals surface area contributed by atoms with Crippen molar-refractivity contribution in [2.75, 3.05) is 47.5 Å². The lowest BCUT2D eigenvalue weighted by molar-refractivity contribution is -0.870. The van der Waals surface area contributed by atoms with Crippen LogP contribution in [0.25, 0.3) is 0 Å². The molecule has 10 heteroatoms. The number of carbonyl (C=O) groups excluding carboxylic acids is 2. The van der Waals surface area contributed by atoms with Crippen molar-refractivity contribution in [1.29, 1.82) is 0 Å². The minimum Gasteiger partial charge on any atom is -0.756 e. The number of allylic oxidation sites excluding steroid dienone is 4. The SMILES string of the molecule is CCCC/C=C/CCCCCCCCCCCC(=O)OC[C@H](COP(=O)([O-])OCC[N+](C)(C)C)OC(=O)CCCCCCCCC/C=C/CCCCCCCC. The van der Waals surface area contributed by atoms with Gasteiger partial charge in [-0.1, -0.05) is 160 Å². The smallest absolute Gasteiger partial charge is 0.306 e. The highest BCUT2D eigenvalue weighted by molar-refractivity contribution is 7.45. The van der Waals surface area contributed by atoms with E-state index >= 15 is 0 Å². The first-order valence-corrected chi connectivity index (χ1v) is 24.5. The predicted octanol–water partition coefficient (Wildman–Crippen LogP) is 12.5. The topological polar surface area (TPSA) is 111 Å². The van der Waals surface area contributed by atoms with Crippen LogP contribution in [-0.2, 0) is 32.7 Å². The molecule has 0 radical (unpaired) electrons. The van der Waals surface area contributed by atoms with E-state index in [9.17, 15) is 19.0 Å². The fraction of sp³-hybridized carbons (Fsp3) is 0.870. The molecule has 0 aliphatic heterocycles. The van der Waals surface area contributed by atoms with E-state index in [2.05, 4.69) is 38.2 Å². The van der Waals surface area contributed by atoms with Crippen LogP contribution in [0.2, 0.25) is 0 Å². The molecule has 9 nitrogen and oxygen atoms in total. The van der Waals surface area contributed by atoms with Gasteiger partial charge in [0.15, 0.2) is 6.10 Å². The van der Waals surface area contributed by atoms with Crippen molar-refractivity contribution in [3.63, 3.8) is 0 Å². The van der Waals surface area contributed by atoms with Gasteiger partial charge in [-0.25, -0.2) is 0 Å². The zero-order chi connectivity index (χ0) is 41.4. The number of nitrogens with zero attached hydrogens (tertiary/aromatic N) is 1. The third-order valence-corrected chi connectivity index (χ3v) is 10.9. The normalized spacial score (nSPS) is 13.8. The number of rotatable bonds is 42. The summed E-state index contributed by atoms with van der Waals surface area (Å²) in [6.07, 6.45) is 41.9. The fourth-order valence-corrected chi connectivity index (χ4v) is 7.01. The molecule has 0 aromatic rings. The van der Waals surface area contributed by atoms with Crippen LogP contribution in [-0.4, -0.2) is 70.0 Å². The number of hydrogen-bond donors (Lipinski definition) is 0. The molecule has 0 saturated heterocycles. The van der Waals surface area contributed by atoms with E-state index in [0.29, 0.717) is 17.4 Å². The van der Waals surface area contributed by atoms with Gasteiger partial charge in [-0.15, -0.1) is 0 Å². The van der Waals surface area contributed by atoms with Crippen molar-refractivity contribution in [2.24, 2.45) is 0 Å². The monoisotopic (exact) mass is 814 g/mol. The Kier molecular flexibility index (Phi) is 37.9. The van der Waals surface area contributed by atoms with E-state index in [-0.39, 0.29) is 32.0 Å². The average molecular weight is 814 g/mol. The number of carbonyl (C=O) groups is 2. The van der Waals surface area contributed by atoms with Crippen molar-refractivity contribution in [3.05, 3.63) is 24.3 Å². The molecule has 0 rings (SSSR count). The van der Waals surface area contributed by atoms with Gasteiger partial charge in [0.05, 0.1) is 27.7 Å². The number of esters is 2. The molecule has 0 aliphatic carbocycles. The summed E-state index contributed by atoms with van der Waals surface area (Å²) in [5, 5.41) is 0. The van der Waals surface area contributed by atoms with Gasteiger partial charge in [-0.2, -0.15) is 0 Å². The fourth-order valence-electron chi connectivity index (χ4n) is 6.28. The molecule has 0 saturated carbocycles. The van der Waals surface area contributed by atoms with Crippen molar-refractivity contribution in [3.8, 4) is 0 Å². The van der Waals surface area contributed by atoms with Crippen molar-refractivity contribution in [2.45, 2.75) is 213 Å². The predicted molar refractivity (Wildman–Crippen MR) is 231 cm³/mol. The van der Waals surface area contributed by atoms with E-state index in [1.807, 2.05) is 21.1 Å². The summed E-state index contributed by atoms with van der Waals surface area (Å²) in [6, 6.07) is 0. The van der Waals surface area contributed by atoms with Crippen molar-refractivity contribution < 1.29 is 42.1 Å². The molecule has 0 fully saturated rings. The highest BCUT2D eigenvalue weighted by Gasteiger charge is 2.21. The molecule has 0 aromatic heterocycles. The maximum atomic E-state index is 12.7. The molecule has 1 unspecified atom stereocenters. The van der Waals surface area contributed by atoms with Crippen LogP contribution in [0, 0.1) is 0 Å². The molecule has 0 aromatic carbocycles. The number of phosphoric acid groups is 1. The summed E-state index contributed by atoms with van der Waals surface area (Å²) in [6.45, 7) is 4.20. The Hall–Kier alpha value is -1.51. The Bertz CT molecular complexity index is 1010. The molecule has 0 amide bonds. The highest BCUT2D eigenvalue weighted by atomic mass is 31.2. The van der Waals surface area contributed by atoms with Crippen LogP contribution in [0.15, 0.2) is 24.3 Å². The van der Waals surface area contributed by atoms with Gasteiger partial charge in [0.1, 0.15) is 19.8 Å². The second kappa shape index (κ2) is 39.0. The second-order valence-electron chi connectivity index (χ2n) is 16.8. The first-order chi connectivity index (χ1) is 27.0. The van der Waals surface area contributed by atoms with E-state index in [4.69, 9.17) is 18.5 Å². The molecule has 0 bridgehead atoms. The zero-order valence-electron chi connectivity index (χ0n) is 37.1. The van der Waals surface area contributed by atoms with E-state index in [1.165, 1.54) is 128 Å². The lowest BCUT2D eigenvalue weighted by Gasteiger charge is -2.28. The van der Waals surface area contributed by atoms with Crippen LogP contribution in [0.5, 0.6) is 0 Å². The molecular weight excluding hydrogens is 725 g/mol. The number of ether oxygens (including phenoxy) is 2. The number of quaternary nitrogens is 1. The summed E-state index contributed by atoms with van der Waals surface area (Å²) in [7, 11) is 1.17. The van der Waals surface area contributed by atoms with Gasteiger partial charge in [-0.3, -0.25) is 14.2 Å². The van der Waals surface area contributed by atoms with Gasteiger partial charge in [0.25, 0.3) is 7.82 Å². The zero-order valence-corrected chi connectivity index (χ0v) is 38.0. The lowest BCUT2D eigenvalue weighted by Crippen LogP contribution is -2.37. The molecule has 0 heterocycles. The molecule has 330 valence electrons. The minimum absolute atomic E-state index is 0.0306. The summed E-state index contributed by atoms with van der Waals surface area (Å²) >= 11 is 0. The Morgan fingerprint density at radius 3 is 1.38 bits per heavy atom. The van der Waals surface area contributed by atoms with Crippen LogP contribution in [0.4, 0.5) is 0 Å². The summed E-state index contributed by atoms with van der Waals surface area (Å²) < 4.78 is 33.9. The van der Waals surface area contributed by atoms with Gasteiger partial charge in [0.2, 0.25) is 0 Å².